The second kappa shape index (κ2) is 6.46. The fraction of sp³-hybridized carbons (Fsp3) is 1.00. The molecule has 0 heterocycles. The van der Waals surface area contributed by atoms with Crippen LogP contribution in [0.1, 0.15) is 46.0 Å². The molecule has 3 nitrogen and oxygen atoms in total. The third-order valence-corrected chi connectivity index (χ3v) is 3.11. The summed E-state index contributed by atoms with van der Waals surface area (Å²) in [7, 11) is 0. The van der Waals surface area contributed by atoms with Gasteiger partial charge < -0.3 is 10.8 Å². The van der Waals surface area contributed by atoms with Crippen LogP contribution in [0.2, 0.25) is 0 Å². The van der Waals surface area contributed by atoms with Crippen LogP contribution in [0.3, 0.4) is 0 Å². The molecule has 0 aliphatic heterocycles. The zero-order chi connectivity index (χ0) is 11.3. The maximum Gasteiger partial charge on any atom is 0.0639 e. The minimum atomic E-state index is -0.245. The van der Waals surface area contributed by atoms with Gasteiger partial charge in [0.05, 0.1) is 6.10 Å². The van der Waals surface area contributed by atoms with Crippen molar-refractivity contribution in [1.82, 2.24) is 4.90 Å². The fourth-order valence-corrected chi connectivity index (χ4v) is 2.53. The highest BCUT2D eigenvalue weighted by Crippen LogP contribution is 2.22. The molecular weight excluding hydrogens is 188 g/mol. The van der Waals surface area contributed by atoms with Gasteiger partial charge in [0, 0.05) is 25.2 Å². The number of aliphatic hydroxyl groups is 1. The van der Waals surface area contributed by atoms with Crippen molar-refractivity contribution in [2.45, 2.75) is 64.1 Å². The monoisotopic (exact) mass is 214 g/mol. The highest BCUT2D eigenvalue weighted by Gasteiger charge is 2.22. The Hall–Kier alpha value is -0.120. The Kier molecular flexibility index (Phi) is 5.58. The second-order valence-electron chi connectivity index (χ2n) is 5.07. The normalized spacial score (nSPS) is 23.0. The van der Waals surface area contributed by atoms with Crippen molar-refractivity contribution in [3.63, 3.8) is 0 Å². The topological polar surface area (TPSA) is 49.5 Å². The predicted octanol–water partition coefficient (Wildman–Crippen LogP) is 1.35. The van der Waals surface area contributed by atoms with E-state index < -0.39 is 0 Å². The van der Waals surface area contributed by atoms with Crippen LogP contribution < -0.4 is 5.73 Å². The van der Waals surface area contributed by atoms with Gasteiger partial charge in [-0.2, -0.15) is 0 Å². The zero-order valence-electron chi connectivity index (χ0n) is 10.2. The molecule has 15 heavy (non-hydrogen) atoms. The lowest BCUT2D eigenvalue weighted by atomic mass is 9.93. The van der Waals surface area contributed by atoms with E-state index in [0.29, 0.717) is 6.04 Å². The fourth-order valence-electron chi connectivity index (χ4n) is 2.53. The Labute approximate surface area is 93.6 Å². The van der Waals surface area contributed by atoms with E-state index in [-0.39, 0.29) is 12.1 Å². The third kappa shape index (κ3) is 4.96. The molecule has 1 rings (SSSR count). The van der Waals surface area contributed by atoms with Gasteiger partial charge in [-0.1, -0.05) is 19.3 Å². The van der Waals surface area contributed by atoms with E-state index in [1.807, 2.05) is 13.8 Å². The Morgan fingerprint density at radius 3 is 2.27 bits per heavy atom. The molecule has 0 saturated heterocycles. The van der Waals surface area contributed by atoms with E-state index >= 15 is 0 Å². The minimum Gasteiger partial charge on any atom is -0.392 e. The molecule has 1 aliphatic carbocycles. The van der Waals surface area contributed by atoms with Crippen molar-refractivity contribution in [3.05, 3.63) is 0 Å². The third-order valence-electron chi connectivity index (χ3n) is 3.11. The Balaban J connectivity index is 2.45. The molecule has 0 amide bonds. The first-order valence-corrected chi connectivity index (χ1v) is 6.27. The van der Waals surface area contributed by atoms with Crippen LogP contribution in [-0.4, -0.2) is 41.3 Å². The highest BCUT2D eigenvalue weighted by molar-refractivity contribution is 4.78. The number of hydrogen-bond donors (Lipinski definition) is 2. The van der Waals surface area contributed by atoms with Crippen LogP contribution in [0.4, 0.5) is 0 Å². The van der Waals surface area contributed by atoms with E-state index in [1.54, 1.807) is 0 Å². The van der Waals surface area contributed by atoms with Crippen LogP contribution in [0.15, 0.2) is 0 Å². The largest absolute Gasteiger partial charge is 0.392 e. The molecule has 1 aliphatic rings. The van der Waals surface area contributed by atoms with Gasteiger partial charge in [-0.25, -0.2) is 0 Å². The van der Waals surface area contributed by atoms with E-state index in [1.165, 1.54) is 32.1 Å². The molecule has 0 bridgehead atoms. The molecule has 0 spiro atoms. The predicted molar refractivity (Wildman–Crippen MR) is 63.8 cm³/mol. The second-order valence-corrected chi connectivity index (χ2v) is 5.07. The summed E-state index contributed by atoms with van der Waals surface area (Å²) in [4.78, 5) is 2.38. The van der Waals surface area contributed by atoms with Crippen molar-refractivity contribution in [3.8, 4) is 0 Å². The average Bonchev–Trinajstić information content (AvgIpc) is 2.17. The molecule has 2 unspecified atom stereocenters. The van der Waals surface area contributed by atoms with Gasteiger partial charge in [-0.3, -0.25) is 4.90 Å². The van der Waals surface area contributed by atoms with Gasteiger partial charge in [-0.05, 0) is 26.7 Å². The summed E-state index contributed by atoms with van der Waals surface area (Å²) in [6, 6.07) is 0.852. The Bertz CT molecular complexity index is 155. The quantitative estimate of drug-likeness (QED) is 0.726. The molecule has 2 atom stereocenters. The summed E-state index contributed by atoms with van der Waals surface area (Å²) in [6.07, 6.45) is 6.35. The maximum atomic E-state index is 9.48. The summed E-state index contributed by atoms with van der Waals surface area (Å²) in [5.74, 6) is 0. The van der Waals surface area contributed by atoms with Gasteiger partial charge >= 0.3 is 0 Å². The lowest BCUT2D eigenvalue weighted by molar-refractivity contribution is 0.0791. The summed E-state index contributed by atoms with van der Waals surface area (Å²) in [5.41, 5.74) is 5.85. The van der Waals surface area contributed by atoms with Crippen molar-refractivity contribution >= 4 is 0 Å². The van der Waals surface area contributed by atoms with Gasteiger partial charge in [0.1, 0.15) is 0 Å². The lowest BCUT2D eigenvalue weighted by Crippen LogP contribution is -2.46. The molecule has 3 N–H and O–H groups in total. The number of hydrogen-bond acceptors (Lipinski definition) is 3. The lowest BCUT2D eigenvalue weighted by Gasteiger charge is -2.36. The molecule has 0 aromatic heterocycles. The SMILES string of the molecule is CC(N)CN(CC(C)O)C1CCCCC1. The standard InChI is InChI=1S/C12H26N2O/c1-10(13)8-14(9-11(2)15)12-6-4-3-5-7-12/h10-12,15H,3-9,13H2,1-2H3. The summed E-state index contributed by atoms with van der Waals surface area (Å²) in [6.45, 7) is 5.58. The van der Waals surface area contributed by atoms with Crippen molar-refractivity contribution in [2.75, 3.05) is 13.1 Å². The van der Waals surface area contributed by atoms with E-state index in [4.69, 9.17) is 5.73 Å². The summed E-state index contributed by atoms with van der Waals surface area (Å²) >= 11 is 0. The zero-order valence-corrected chi connectivity index (χ0v) is 10.2. The van der Waals surface area contributed by atoms with Gasteiger partial charge in [-0.15, -0.1) is 0 Å². The summed E-state index contributed by atoms with van der Waals surface area (Å²) in [5, 5.41) is 9.48. The Morgan fingerprint density at radius 2 is 1.80 bits per heavy atom. The van der Waals surface area contributed by atoms with Crippen LogP contribution in [0.25, 0.3) is 0 Å². The van der Waals surface area contributed by atoms with Crippen LogP contribution >= 0.6 is 0 Å². The first-order chi connectivity index (χ1) is 7.09. The highest BCUT2D eigenvalue weighted by atomic mass is 16.3. The molecular formula is C12H26N2O. The smallest absolute Gasteiger partial charge is 0.0639 e. The van der Waals surface area contributed by atoms with Crippen molar-refractivity contribution < 1.29 is 5.11 Å². The van der Waals surface area contributed by atoms with E-state index in [2.05, 4.69) is 4.90 Å². The van der Waals surface area contributed by atoms with E-state index in [0.717, 1.165) is 13.1 Å². The van der Waals surface area contributed by atoms with Gasteiger partial charge in [0.2, 0.25) is 0 Å². The average molecular weight is 214 g/mol. The number of nitrogens with zero attached hydrogens (tertiary/aromatic N) is 1. The van der Waals surface area contributed by atoms with Gasteiger partial charge in [0.15, 0.2) is 0 Å². The molecule has 0 radical (unpaired) electrons. The van der Waals surface area contributed by atoms with E-state index in [9.17, 15) is 5.11 Å². The molecule has 3 heteroatoms. The molecule has 90 valence electrons. The van der Waals surface area contributed by atoms with Crippen LogP contribution in [-0.2, 0) is 0 Å². The maximum absolute atomic E-state index is 9.48. The first-order valence-electron chi connectivity index (χ1n) is 6.27. The number of aliphatic hydroxyl groups excluding tert-OH is 1. The number of nitrogens with two attached hydrogens (primary N) is 1. The van der Waals surface area contributed by atoms with Crippen LogP contribution in [0.5, 0.6) is 0 Å². The molecule has 1 saturated carbocycles. The molecule has 0 aromatic rings. The molecule has 1 fully saturated rings. The first kappa shape index (κ1) is 12.9. The van der Waals surface area contributed by atoms with Crippen LogP contribution in [0, 0.1) is 0 Å². The molecule has 0 aromatic carbocycles. The van der Waals surface area contributed by atoms with Gasteiger partial charge in [0.25, 0.3) is 0 Å². The number of rotatable bonds is 5. The Morgan fingerprint density at radius 1 is 1.20 bits per heavy atom. The van der Waals surface area contributed by atoms with Crippen molar-refractivity contribution in [1.29, 1.82) is 0 Å². The van der Waals surface area contributed by atoms with Crippen molar-refractivity contribution in [2.24, 2.45) is 5.73 Å². The minimum absolute atomic E-state index is 0.200. The summed E-state index contributed by atoms with van der Waals surface area (Å²) < 4.78 is 0.